The number of hydrogen-bond donors (Lipinski definition) is 1. The number of nitrogens with zero attached hydrogens (tertiary/aromatic N) is 3. The Morgan fingerprint density at radius 1 is 1.25 bits per heavy atom. The molecular formula is C20H25FN4O2S. The fourth-order valence-corrected chi connectivity index (χ4v) is 4.00. The lowest BCUT2D eigenvalue weighted by atomic mass is 10.1. The summed E-state index contributed by atoms with van der Waals surface area (Å²) in [4.78, 5) is 26.4. The zero-order valence-corrected chi connectivity index (χ0v) is 16.8. The number of benzene rings is 1. The van der Waals surface area contributed by atoms with Gasteiger partial charge in [0.15, 0.2) is 0 Å². The van der Waals surface area contributed by atoms with Crippen molar-refractivity contribution in [2.45, 2.75) is 45.4 Å². The number of nitrogens with one attached hydrogen (secondary N) is 1. The molecule has 2 amide bonds. The quantitative estimate of drug-likeness (QED) is 0.650. The van der Waals surface area contributed by atoms with Gasteiger partial charge in [0.2, 0.25) is 16.9 Å². The van der Waals surface area contributed by atoms with Crippen LogP contribution in [0, 0.1) is 11.7 Å². The third-order valence-corrected chi connectivity index (χ3v) is 5.76. The van der Waals surface area contributed by atoms with Crippen molar-refractivity contribution in [1.82, 2.24) is 15.1 Å². The van der Waals surface area contributed by atoms with Crippen LogP contribution in [0.2, 0.25) is 0 Å². The molecule has 28 heavy (non-hydrogen) atoms. The molecule has 0 saturated carbocycles. The molecule has 1 aromatic heterocycles. The summed E-state index contributed by atoms with van der Waals surface area (Å²) in [6, 6.07) is 6.26. The first-order chi connectivity index (χ1) is 13.5. The summed E-state index contributed by atoms with van der Waals surface area (Å²) >= 11 is 1.40. The first kappa shape index (κ1) is 20.4. The van der Waals surface area contributed by atoms with Gasteiger partial charge in [-0.2, -0.15) is 0 Å². The van der Waals surface area contributed by atoms with Crippen molar-refractivity contribution in [2.75, 3.05) is 18.4 Å². The summed E-state index contributed by atoms with van der Waals surface area (Å²) in [7, 11) is 0. The number of halogens is 1. The number of carbonyl (C=O) groups is 2. The van der Waals surface area contributed by atoms with E-state index in [2.05, 4.69) is 22.4 Å². The van der Waals surface area contributed by atoms with Crippen molar-refractivity contribution in [1.29, 1.82) is 0 Å². The Kier molecular flexibility index (Phi) is 7.08. The standard InChI is InChI=1S/C20H25FN4O2S/c1-2-3-4-5-17-23-24-20(28-17)22-19(27)15-12-18(26)25(13-15)11-10-14-6-8-16(21)9-7-14/h6-9,15H,2-5,10-13H2,1H3,(H,22,24,27). The molecule has 1 aliphatic rings. The van der Waals surface area contributed by atoms with Crippen molar-refractivity contribution in [3.8, 4) is 0 Å². The predicted octanol–water partition coefficient (Wildman–Crippen LogP) is 3.44. The second-order valence-electron chi connectivity index (χ2n) is 7.06. The minimum absolute atomic E-state index is 0.0280. The molecule has 1 saturated heterocycles. The second kappa shape index (κ2) is 9.73. The largest absolute Gasteiger partial charge is 0.342 e. The number of aromatic nitrogens is 2. The Bertz CT molecular complexity index is 809. The zero-order valence-electron chi connectivity index (χ0n) is 16.0. The molecule has 1 unspecified atom stereocenters. The molecule has 1 aromatic carbocycles. The molecule has 150 valence electrons. The third-order valence-electron chi connectivity index (χ3n) is 4.86. The third kappa shape index (κ3) is 5.58. The van der Waals surface area contributed by atoms with Gasteiger partial charge in [-0.3, -0.25) is 9.59 Å². The minimum Gasteiger partial charge on any atom is -0.342 e. The number of unbranched alkanes of at least 4 members (excludes halogenated alkanes) is 2. The molecule has 0 aliphatic carbocycles. The van der Waals surface area contributed by atoms with Crippen LogP contribution in [0.15, 0.2) is 24.3 Å². The fourth-order valence-electron chi connectivity index (χ4n) is 3.22. The van der Waals surface area contributed by atoms with Crippen molar-refractivity contribution >= 4 is 28.3 Å². The van der Waals surface area contributed by atoms with Gasteiger partial charge in [-0.1, -0.05) is 43.2 Å². The number of carbonyl (C=O) groups excluding carboxylic acids is 2. The van der Waals surface area contributed by atoms with Crippen LogP contribution in [-0.4, -0.2) is 40.0 Å². The number of rotatable bonds is 9. The number of likely N-dealkylation sites (tertiary alicyclic amines) is 1. The molecule has 0 spiro atoms. The topological polar surface area (TPSA) is 75.2 Å². The molecule has 3 rings (SSSR count). The van der Waals surface area contributed by atoms with E-state index >= 15 is 0 Å². The van der Waals surface area contributed by atoms with Gasteiger partial charge < -0.3 is 10.2 Å². The lowest BCUT2D eigenvalue weighted by Gasteiger charge is -2.16. The number of amides is 2. The van der Waals surface area contributed by atoms with E-state index in [0.717, 1.165) is 36.3 Å². The van der Waals surface area contributed by atoms with Crippen LogP contribution in [0.25, 0.3) is 0 Å². The molecule has 8 heteroatoms. The smallest absolute Gasteiger partial charge is 0.231 e. The summed E-state index contributed by atoms with van der Waals surface area (Å²) in [6.45, 7) is 3.07. The lowest BCUT2D eigenvalue weighted by molar-refractivity contribution is -0.128. The van der Waals surface area contributed by atoms with Crippen LogP contribution in [0.4, 0.5) is 9.52 Å². The first-order valence-electron chi connectivity index (χ1n) is 9.70. The maximum atomic E-state index is 13.0. The van der Waals surface area contributed by atoms with E-state index in [-0.39, 0.29) is 30.0 Å². The van der Waals surface area contributed by atoms with E-state index in [4.69, 9.17) is 0 Å². The van der Waals surface area contributed by atoms with E-state index < -0.39 is 0 Å². The highest BCUT2D eigenvalue weighted by atomic mass is 32.1. The maximum Gasteiger partial charge on any atom is 0.231 e. The van der Waals surface area contributed by atoms with Gasteiger partial charge in [-0.25, -0.2) is 4.39 Å². The van der Waals surface area contributed by atoms with E-state index in [1.807, 2.05) is 0 Å². The molecule has 2 aromatic rings. The predicted molar refractivity (Wildman–Crippen MR) is 107 cm³/mol. The Balaban J connectivity index is 1.47. The summed E-state index contributed by atoms with van der Waals surface area (Å²) in [6.07, 6.45) is 5.09. The van der Waals surface area contributed by atoms with E-state index in [9.17, 15) is 14.0 Å². The molecule has 1 N–H and O–H groups in total. The second-order valence-corrected chi connectivity index (χ2v) is 8.13. The van der Waals surface area contributed by atoms with Gasteiger partial charge >= 0.3 is 0 Å². The summed E-state index contributed by atoms with van der Waals surface area (Å²) in [5, 5.41) is 12.4. The summed E-state index contributed by atoms with van der Waals surface area (Å²) < 4.78 is 13.0. The van der Waals surface area contributed by atoms with Gasteiger partial charge in [0.05, 0.1) is 5.92 Å². The number of anilines is 1. The van der Waals surface area contributed by atoms with Crippen molar-refractivity contribution < 1.29 is 14.0 Å². The Hall–Kier alpha value is -2.35. The monoisotopic (exact) mass is 404 g/mol. The van der Waals surface area contributed by atoms with E-state index in [1.54, 1.807) is 17.0 Å². The maximum absolute atomic E-state index is 13.0. The Morgan fingerprint density at radius 2 is 2.04 bits per heavy atom. The molecule has 2 heterocycles. The molecule has 1 aliphatic heterocycles. The van der Waals surface area contributed by atoms with Gasteiger partial charge in [0, 0.05) is 25.9 Å². The highest BCUT2D eigenvalue weighted by molar-refractivity contribution is 7.15. The Labute approximate surface area is 168 Å². The molecule has 1 atom stereocenters. The van der Waals surface area contributed by atoms with Crippen LogP contribution in [0.1, 0.15) is 43.2 Å². The first-order valence-corrected chi connectivity index (χ1v) is 10.5. The van der Waals surface area contributed by atoms with Crippen LogP contribution < -0.4 is 5.32 Å². The van der Waals surface area contributed by atoms with E-state index in [0.29, 0.717) is 24.6 Å². The van der Waals surface area contributed by atoms with Crippen LogP contribution in [0.3, 0.4) is 0 Å². The Morgan fingerprint density at radius 3 is 2.79 bits per heavy atom. The molecular weight excluding hydrogens is 379 g/mol. The van der Waals surface area contributed by atoms with E-state index in [1.165, 1.54) is 23.5 Å². The SMILES string of the molecule is CCCCCc1nnc(NC(=O)C2CC(=O)N(CCc3ccc(F)cc3)C2)s1. The van der Waals surface area contributed by atoms with Crippen molar-refractivity contribution in [3.63, 3.8) is 0 Å². The highest BCUT2D eigenvalue weighted by Gasteiger charge is 2.34. The van der Waals surface area contributed by atoms with Gasteiger partial charge in [-0.15, -0.1) is 10.2 Å². The van der Waals surface area contributed by atoms with Crippen LogP contribution in [-0.2, 0) is 22.4 Å². The van der Waals surface area contributed by atoms with Crippen LogP contribution in [0.5, 0.6) is 0 Å². The average Bonchev–Trinajstić information content (AvgIpc) is 3.28. The highest BCUT2D eigenvalue weighted by Crippen LogP contribution is 2.22. The minimum atomic E-state index is -0.381. The zero-order chi connectivity index (χ0) is 19.9. The normalized spacial score (nSPS) is 16.6. The van der Waals surface area contributed by atoms with Crippen molar-refractivity contribution in [2.24, 2.45) is 5.92 Å². The number of hydrogen-bond acceptors (Lipinski definition) is 5. The van der Waals surface area contributed by atoms with Crippen molar-refractivity contribution in [3.05, 3.63) is 40.7 Å². The number of aryl methyl sites for hydroxylation is 1. The molecule has 6 nitrogen and oxygen atoms in total. The lowest BCUT2D eigenvalue weighted by Crippen LogP contribution is -2.30. The van der Waals surface area contributed by atoms with Gasteiger partial charge in [0.25, 0.3) is 0 Å². The average molecular weight is 405 g/mol. The molecule has 0 bridgehead atoms. The van der Waals surface area contributed by atoms with Gasteiger partial charge in [-0.05, 0) is 30.5 Å². The van der Waals surface area contributed by atoms with Crippen LogP contribution >= 0.6 is 11.3 Å². The fraction of sp³-hybridized carbons (Fsp3) is 0.500. The van der Waals surface area contributed by atoms with Gasteiger partial charge in [0.1, 0.15) is 10.8 Å². The summed E-state index contributed by atoms with van der Waals surface area (Å²) in [5.74, 6) is -0.871. The summed E-state index contributed by atoms with van der Waals surface area (Å²) in [5.41, 5.74) is 0.964. The molecule has 0 radical (unpaired) electrons. The molecule has 1 fully saturated rings.